The van der Waals surface area contributed by atoms with Crippen LogP contribution in [0.5, 0.6) is 5.75 Å². The van der Waals surface area contributed by atoms with Gasteiger partial charge in [-0.1, -0.05) is 16.8 Å². The fraction of sp³-hybridized carbons (Fsp3) is 0.125. The lowest BCUT2D eigenvalue weighted by atomic mass is 10.2. The van der Waals surface area contributed by atoms with Crippen LogP contribution in [0.15, 0.2) is 23.4 Å². The number of hydrogen-bond acceptors (Lipinski definition) is 3. The van der Waals surface area contributed by atoms with Crippen molar-refractivity contribution in [2.75, 3.05) is 7.11 Å². The van der Waals surface area contributed by atoms with Gasteiger partial charge in [0.2, 0.25) is 0 Å². The van der Waals surface area contributed by atoms with E-state index in [0.717, 1.165) is 0 Å². The number of halogens is 1. The SMILES string of the molecule is COc1ccc(C=NO)c(Cl)c1. The molecule has 64 valence electrons. The third-order valence-corrected chi connectivity index (χ3v) is 1.73. The highest BCUT2D eigenvalue weighted by molar-refractivity contribution is 6.33. The molecule has 4 heteroatoms. The van der Waals surface area contributed by atoms with Crippen LogP contribution in [0, 0.1) is 0 Å². The van der Waals surface area contributed by atoms with Crippen LogP contribution in [0.3, 0.4) is 0 Å². The van der Waals surface area contributed by atoms with Crippen LogP contribution < -0.4 is 4.74 Å². The first-order chi connectivity index (χ1) is 5.77. The van der Waals surface area contributed by atoms with E-state index in [2.05, 4.69) is 5.16 Å². The second-order valence-electron chi connectivity index (χ2n) is 2.13. The number of methoxy groups -OCH3 is 1. The summed E-state index contributed by atoms with van der Waals surface area (Å²) in [4.78, 5) is 0. The number of oxime groups is 1. The van der Waals surface area contributed by atoms with Crippen molar-refractivity contribution in [1.29, 1.82) is 0 Å². The highest BCUT2D eigenvalue weighted by Gasteiger charge is 1.98. The number of hydrogen-bond donors (Lipinski definition) is 1. The third-order valence-electron chi connectivity index (χ3n) is 1.40. The molecule has 0 aliphatic rings. The summed E-state index contributed by atoms with van der Waals surface area (Å²) in [6.07, 6.45) is 1.27. The summed E-state index contributed by atoms with van der Waals surface area (Å²) in [5.41, 5.74) is 0.653. The molecule has 0 heterocycles. The fourth-order valence-corrected chi connectivity index (χ4v) is 1.02. The van der Waals surface area contributed by atoms with E-state index in [1.54, 1.807) is 25.3 Å². The van der Waals surface area contributed by atoms with Gasteiger partial charge in [0.25, 0.3) is 0 Å². The number of rotatable bonds is 2. The predicted octanol–water partition coefficient (Wildman–Crippen LogP) is 2.16. The van der Waals surface area contributed by atoms with Crippen LogP contribution in [0.1, 0.15) is 5.56 Å². The summed E-state index contributed by atoms with van der Waals surface area (Å²) in [5, 5.41) is 11.6. The maximum Gasteiger partial charge on any atom is 0.120 e. The summed E-state index contributed by atoms with van der Waals surface area (Å²) < 4.78 is 4.94. The molecule has 0 aromatic heterocycles. The summed E-state index contributed by atoms with van der Waals surface area (Å²) in [5.74, 6) is 0.676. The highest BCUT2D eigenvalue weighted by atomic mass is 35.5. The van der Waals surface area contributed by atoms with E-state index >= 15 is 0 Å². The van der Waals surface area contributed by atoms with Gasteiger partial charge in [0, 0.05) is 5.56 Å². The van der Waals surface area contributed by atoms with Crippen molar-refractivity contribution in [2.24, 2.45) is 5.16 Å². The lowest BCUT2D eigenvalue weighted by Gasteiger charge is -2.01. The minimum absolute atomic E-state index is 0.493. The molecule has 0 saturated heterocycles. The zero-order valence-corrected chi connectivity index (χ0v) is 7.25. The van der Waals surface area contributed by atoms with Crippen LogP contribution >= 0.6 is 11.6 Å². The van der Waals surface area contributed by atoms with Gasteiger partial charge in [0.05, 0.1) is 18.3 Å². The third kappa shape index (κ3) is 1.89. The minimum atomic E-state index is 0.493. The molecule has 0 aliphatic heterocycles. The monoisotopic (exact) mass is 185 g/mol. The summed E-state index contributed by atoms with van der Waals surface area (Å²) in [6, 6.07) is 5.10. The second-order valence-corrected chi connectivity index (χ2v) is 2.54. The van der Waals surface area contributed by atoms with Gasteiger partial charge in [-0.15, -0.1) is 0 Å². The predicted molar refractivity (Wildman–Crippen MR) is 47.4 cm³/mol. The topological polar surface area (TPSA) is 41.8 Å². The molecule has 0 bridgehead atoms. The normalized spacial score (nSPS) is 10.5. The van der Waals surface area contributed by atoms with Gasteiger partial charge in [-0.2, -0.15) is 0 Å². The molecule has 0 fully saturated rings. The van der Waals surface area contributed by atoms with Crippen LogP contribution in [0.2, 0.25) is 5.02 Å². The maximum absolute atomic E-state index is 8.25. The Labute approximate surface area is 75.2 Å². The molecule has 0 saturated carbocycles. The first kappa shape index (κ1) is 8.87. The standard InChI is InChI=1S/C8H8ClNO2/c1-12-7-3-2-6(5-10-11)8(9)4-7/h2-5,11H,1H3. The van der Waals surface area contributed by atoms with Crippen molar-refractivity contribution in [2.45, 2.75) is 0 Å². The molecule has 1 aromatic carbocycles. The Bertz CT molecular complexity index is 299. The van der Waals surface area contributed by atoms with Gasteiger partial charge < -0.3 is 9.94 Å². The molecular weight excluding hydrogens is 178 g/mol. The van der Waals surface area contributed by atoms with Crippen LogP contribution in [-0.2, 0) is 0 Å². The Morgan fingerprint density at radius 1 is 1.58 bits per heavy atom. The van der Waals surface area contributed by atoms with Gasteiger partial charge in [-0.25, -0.2) is 0 Å². The Hall–Kier alpha value is -1.22. The van der Waals surface area contributed by atoms with Gasteiger partial charge in [-0.05, 0) is 18.2 Å². The Morgan fingerprint density at radius 3 is 2.83 bits per heavy atom. The van der Waals surface area contributed by atoms with Gasteiger partial charge in [0.1, 0.15) is 5.75 Å². The molecular formula is C8H8ClNO2. The zero-order chi connectivity index (χ0) is 8.97. The Balaban J connectivity index is 3.03. The summed E-state index contributed by atoms with van der Waals surface area (Å²) >= 11 is 5.80. The molecule has 0 spiro atoms. The maximum atomic E-state index is 8.25. The molecule has 1 rings (SSSR count). The molecule has 0 radical (unpaired) electrons. The largest absolute Gasteiger partial charge is 0.497 e. The van der Waals surface area contributed by atoms with Crippen molar-refractivity contribution in [3.63, 3.8) is 0 Å². The minimum Gasteiger partial charge on any atom is -0.497 e. The Kier molecular flexibility index (Phi) is 2.94. The van der Waals surface area contributed by atoms with E-state index < -0.39 is 0 Å². The average molecular weight is 186 g/mol. The van der Waals surface area contributed by atoms with Crippen molar-refractivity contribution < 1.29 is 9.94 Å². The lowest BCUT2D eigenvalue weighted by molar-refractivity contribution is 0.322. The van der Waals surface area contributed by atoms with Crippen LogP contribution in [0.4, 0.5) is 0 Å². The smallest absolute Gasteiger partial charge is 0.120 e. The second kappa shape index (κ2) is 3.97. The van der Waals surface area contributed by atoms with Crippen molar-refractivity contribution in [3.8, 4) is 5.75 Å². The molecule has 0 atom stereocenters. The average Bonchev–Trinajstić information content (AvgIpc) is 2.09. The highest BCUT2D eigenvalue weighted by Crippen LogP contribution is 2.20. The Morgan fingerprint density at radius 2 is 2.33 bits per heavy atom. The fourth-order valence-electron chi connectivity index (χ4n) is 0.802. The summed E-state index contributed by atoms with van der Waals surface area (Å²) in [7, 11) is 1.56. The molecule has 12 heavy (non-hydrogen) atoms. The van der Waals surface area contributed by atoms with Crippen molar-refractivity contribution in [1.82, 2.24) is 0 Å². The van der Waals surface area contributed by atoms with Crippen LogP contribution in [0.25, 0.3) is 0 Å². The lowest BCUT2D eigenvalue weighted by Crippen LogP contribution is -1.86. The molecule has 0 amide bonds. The van der Waals surface area contributed by atoms with Gasteiger partial charge in [0.15, 0.2) is 0 Å². The first-order valence-electron chi connectivity index (χ1n) is 3.29. The molecule has 3 nitrogen and oxygen atoms in total. The number of nitrogens with zero attached hydrogens (tertiary/aromatic N) is 1. The van der Waals surface area contributed by atoms with Crippen molar-refractivity contribution in [3.05, 3.63) is 28.8 Å². The summed E-state index contributed by atoms with van der Waals surface area (Å²) in [6.45, 7) is 0. The van der Waals surface area contributed by atoms with E-state index in [-0.39, 0.29) is 0 Å². The van der Waals surface area contributed by atoms with Gasteiger partial charge in [-0.3, -0.25) is 0 Å². The zero-order valence-electron chi connectivity index (χ0n) is 6.49. The van der Waals surface area contributed by atoms with E-state index in [1.807, 2.05) is 0 Å². The number of benzene rings is 1. The quantitative estimate of drug-likeness (QED) is 0.436. The first-order valence-corrected chi connectivity index (χ1v) is 3.66. The molecule has 0 aliphatic carbocycles. The van der Waals surface area contributed by atoms with E-state index in [9.17, 15) is 0 Å². The number of ether oxygens (including phenoxy) is 1. The molecule has 1 N–H and O–H groups in total. The molecule has 0 unspecified atom stereocenters. The van der Waals surface area contributed by atoms with Gasteiger partial charge >= 0.3 is 0 Å². The van der Waals surface area contributed by atoms with E-state index in [0.29, 0.717) is 16.3 Å². The van der Waals surface area contributed by atoms with E-state index in [1.165, 1.54) is 6.21 Å². The van der Waals surface area contributed by atoms with E-state index in [4.69, 9.17) is 21.5 Å². The van der Waals surface area contributed by atoms with Crippen LogP contribution in [-0.4, -0.2) is 18.5 Å². The molecule has 1 aromatic rings. The van der Waals surface area contributed by atoms with Crippen molar-refractivity contribution >= 4 is 17.8 Å².